The molecule has 2 N–H and O–H groups in total. The summed E-state index contributed by atoms with van der Waals surface area (Å²) in [4.78, 5) is 5.40. The molecule has 5 heteroatoms. The number of aryl methyl sites for hydroxylation is 1. The maximum atomic E-state index is 5.55. The van der Waals surface area contributed by atoms with Gasteiger partial charge in [0.2, 0.25) is 4.96 Å². The first kappa shape index (κ1) is 12.3. The Morgan fingerprint density at radius 2 is 2.05 bits per heavy atom. The molecule has 0 bridgehead atoms. The van der Waals surface area contributed by atoms with Crippen LogP contribution in [-0.4, -0.2) is 21.1 Å². The molecule has 2 aromatic heterocycles. The van der Waals surface area contributed by atoms with Gasteiger partial charge in [-0.1, -0.05) is 31.2 Å². The summed E-state index contributed by atoms with van der Waals surface area (Å²) in [7, 11) is 0. The molecule has 0 atom stereocenters. The highest BCUT2D eigenvalue weighted by Gasteiger charge is 2.10. The first-order valence-electron chi connectivity index (χ1n) is 6.44. The Kier molecular flexibility index (Phi) is 3.31. The molecule has 0 aliphatic rings. The van der Waals surface area contributed by atoms with Crippen LogP contribution in [0.1, 0.15) is 18.3 Å². The summed E-state index contributed by atoms with van der Waals surface area (Å²) in [6.45, 7) is 2.74. The van der Waals surface area contributed by atoms with E-state index in [2.05, 4.69) is 46.7 Å². The van der Waals surface area contributed by atoms with Gasteiger partial charge in [0, 0.05) is 17.4 Å². The lowest BCUT2D eigenvalue weighted by Crippen LogP contribution is -2.04. The lowest BCUT2D eigenvalue weighted by atomic mass is 10.1. The van der Waals surface area contributed by atoms with Crippen LogP contribution >= 0.6 is 11.3 Å². The second kappa shape index (κ2) is 5.11. The molecular formula is C14H16N4S. The van der Waals surface area contributed by atoms with Crippen LogP contribution in [0, 0.1) is 0 Å². The van der Waals surface area contributed by atoms with Crippen LogP contribution in [0.25, 0.3) is 16.2 Å². The summed E-state index contributed by atoms with van der Waals surface area (Å²) < 4.78 is 1.91. The standard InChI is InChI=1S/C14H16N4S/c1-2-10-3-5-11(6-4-10)12-9-19-14-16-13(7-8-15)17-18(12)14/h3-6,9H,2,7-8,15H2,1H3. The molecular weight excluding hydrogens is 256 g/mol. The summed E-state index contributed by atoms with van der Waals surface area (Å²) in [6.07, 6.45) is 1.78. The Hall–Kier alpha value is -1.72. The molecule has 0 aliphatic heterocycles. The van der Waals surface area contributed by atoms with Gasteiger partial charge in [0.15, 0.2) is 5.82 Å². The summed E-state index contributed by atoms with van der Waals surface area (Å²) in [5.41, 5.74) is 9.16. The van der Waals surface area contributed by atoms with Gasteiger partial charge < -0.3 is 5.73 Å². The lowest BCUT2D eigenvalue weighted by molar-refractivity contribution is 0.848. The highest BCUT2D eigenvalue weighted by Crippen LogP contribution is 2.25. The van der Waals surface area contributed by atoms with Crippen molar-refractivity contribution in [1.82, 2.24) is 14.6 Å². The van der Waals surface area contributed by atoms with Crippen LogP contribution < -0.4 is 5.73 Å². The van der Waals surface area contributed by atoms with Gasteiger partial charge in [0.1, 0.15) is 0 Å². The molecule has 0 saturated carbocycles. The number of benzene rings is 1. The number of aromatic nitrogens is 3. The second-order valence-corrected chi connectivity index (χ2v) is 5.27. The number of rotatable bonds is 4. The van der Waals surface area contributed by atoms with Gasteiger partial charge in [-0.2, -0.15) is 0 Å². The van der Waals surface area contributed by atoms with Crippen LogP contribution in [-0.2, 0) is 12.8 Å². The monoisotopic (exact) mass is 272 g/mol. The third-order valence-corrected chi connectivity index (χ3v) is 3.97. The van der Waals surface area contributed by atoms with E-state index in [0.29, 0.717) is 6.54 Å². The molecule has 3 rings (SSSR count). The van der Waals surface area contributed by atoms with Gasteiger partial charge in [0.25, 0.3) is 0 Å². The van der Waals surface area contributed by atoms with Crippen molar-refractivity contribution < 1.29 is 0 Å². The largest absolute Gasteiger partial charge is 0.330 e. The average Bonchev–Trinajstić information content (AvgIpc) is 2.99. The molecule has 3 aromatic rings. The summed E-state index contributed by atoms with van der Waals surface area (Å²) >= 11 is 1.61. The average molecular weight is 272 g/mol. The fourth-order valence-electron chi connectivity index (χ4n) is 2.07. The first-order valence-corrected chi connectivity index (χ1v) is 7.32. The van der Waals surface area contributed by atoms with E-state index >= 15 is 0 Å². The fraction of sp³-hybridized carbons (Fsp3) is 0.286. The van der Waals surface area contributed by atoms with E-state index in [9.17, 15) is 0 Å². The van der Waals surface area contributed by atoms with E-state index in [1.165, 1.54) is 11.1 Å². The minimum Gasteiger partial charge on any atom is -0.330 e. The van der Waals surface area contributed by atoms with Crippen molar-refractivity contribution in [3.63, 3.8) is 0 Å². The number of fused-ring (bicyclic) bond motifs is 1. The molecule has 19 heavy (non-hydrogen) atoms. The minimum absolute atomic E-state index is 0.582. The summed E-state index contributed by atoms with van der Waals surface area (Å²) in [6, 6.07) is 8.61. The number of nitrogens with two attached hydrogens (primary N) is 1. The molecule has 1 aromatic carbocycles. The molecule has 98 valence electrons. The van der Waals surface area contributed by atoms with E-state index in [1.54, 1.807) is 11.3 Å². The van der Waals surface area contributed by atoms with Gasteiger partial charge >= 0.3 is 0 Å². The number of nitrogens with zero attached hydrogens (tertiary/aromatic N) is 3. The van der Waals surface area contributed by atoms with Crippen molar-refractivity contribution in [2.45, 2.75) is 19.8 Å². The number of hydrogen-bond acceptors (Lipinski definition) is 4. The zero-order chi connectivity index (χ0) is 13.2. The highest BCUT2D eigenvalue weighted by atomic mass is 32.1. The zero-order valence-corrected chi connectivity index (χ0v) is 11.7. The predicted molar refractivity (Wildman–Crippen MR) is 78.4 cm³/mol. The van der Waals surface area contributed by atoms with E-state index in [4.69, 9.17) is 5.73 Å². The van der Waals surface area contributed by atoms with Gasteiger partial charge in [0.05, 0.1) is 5.69 Å². The Morgan fingerprint density at radius 1 is 1.26 bits per heavy atom. The molecule has 4 nitrogen and oxygen atoms in total. The molecule has 0 radical (unpaired) electrons. The van der Waals surface area contributed by atoms with Crippen molar-refractivity contribution in [2.24, 2.45) is 5.73 Å². The fourth-order valence-corrected chi connectivity index (χ4v) is 2.92. The van der Waals surface area contributed by atoms with Crippen molar-refractivity contribution in [2.75, 3.05) is 6.54 Å². The van der Waals surface area contributed by atoms with Crippen LogP contribution in [0.4, 0.5) is 0 Å². The Bertz CT molecular complexity index is 681. The molecule has 0 aliphatic carbocycles. The molecule has 0 fully saturated rings. The SMILES string of the molecule is CCc1ccc(-c2csc3nc(CCN)nn23)cc1. The topological polar surface area (TPSA) is 56.2 Å². The smallest absolute Gasteiger partial charge is 0.212 e. The first-order chi connectivity index (χ1) is 9.31. The lowest BCUT2D eigenvalue weighted by Gasteiger charge is -2.00. The van der Waals surface area contributed by atoms with Crippen LogP contribution in [0.5, 0.6) is 0 Å². The van der Waals surface area contributed by atoms with Crippen molar-refractivity contribution in [1.29, 1.82) is 0 Å². The van der Waals surface area contributed by atoms with E-state index in [1.807, 2.05) is 4.52 Å². The van der Waals surface area contributed by atoms with Crippen molar-refractivity contribution >= 4 is 16.3 Å². The molecule has 0 amide bonds. The maximum absolute atomic E-state index is 5.55. The van der Waals surface area contributed by atoms with Gasteiger partial charge in [-0.15, -0.1) is 16.4 Å². The maximum Gasteiger partial charge on any atom is 0.212 e. The van der Waals surface area contributed by atoms with Gasteiger partial charge in [-0.25, -0.2) is 9.50 Å². The highest BCUT2D eigenvalue weighted by molar-refractivity contribution is 7.15. The molecule has 2 heterocycles. The second-order valence-electron chi connectivity index (χ2n) is 4.43. The van der Waals surface area contributed by atoms with Crippen LogP contribution in [0.3, 0.4) is 0 Å². The van der Waals surface area contributed by atoms with Gasteiger partial charge in [-0.3, -0.25) is 0 Å². The third kappa shape index (κ3) is 2.27. The predicted octanol–water partition coefficient (Wildman–Crippen LogP) is 2.52. The Balaban J connectivity index is 2.03. The van der Waals surface area contributed by atoms with Crippen LogP contribution in [0.15, 0.2) is 29.6 Å². The Labute approximate surface area is 115 Å². The molecule has 0 saturated heterocycles. The van der Waals surface area contributed by atoms with Crippen LogP contribution in [0.2, 0.25) is 0 Å². The molecule has 0 unspecified atom stereocenters. The number of hydrogen-bond donors (Lipinski definition) is 1. The quantitative estimate of drug-likeness (QED) is 0.794. The van der Waals surface area contributed by atoms with Crippen molar-refractivity contribution in [3.8, 4) is 11.3 Å². The Morgan fingerprint density at radius 3 is 2.74 bits per heavy atom. The van der Waals surface area contributed by atoms with E-state index in [-0.39, 0.29) is 0 Å². The zero-order valence-electron chi connectivity index (χ0n) is 10.8. The van der Waals surface area contributed by atoms with E-state index < -0.39 is 0 Å². The third-order valence-electron chi connectivity index (χ3n) is 3.15. The normalized spacial score (nSPS) is 11.3. The summed E-state index contributed by atoms with van der Waals surface area (Å²) in [5, 5.41) is 6.62. The summed E-state index contributed by atoms with van der Waals surface area (Å²) in [5.74, 6) is 0.820. The minimum atomic E-state index is 0.582. The van der Waals surface area contributed by atoms with E-state index in [0.717, 1.165) is 29.3 Å². The molecule has 0 spiro atoms. The van der Waals surface area contributed by atoms with Crippen molar-refractivity contribution in [3.05, 3.63) is 41.0 Å². The van der Waals surface area contributed by atoms with Gasteiger partial charge in [-0.05, 0) is 18.5 Å². The number of thiazole rings is 1.